The zero-order valence-electron chi connectivity index (χ0n) is 16.5. The highest BCUT2D eigenvalue weighted by atomic mass is 16.6. The van der Waals surface area contributed by atoms with Crippen molar-refractivity contribution in [1.82, 2.24) is 0 Å². The fourth-order valence-corrected chi connectivity index (χ4v) is 3.26. The van der Waals surface area contributed by atoms with E-state index in [1.807, 2.05) is 0 Å². The topological polar surface area (TPSA) is 79.2 Å². The SMILES string of the molecule is CCCCCCC/C=C/CCCCCCO[C@H]1[C@H](O)[C@@H](CO)OC[C@@H]1O. The summed E-state index contributed by atoms with van der Waals surface area (Å²) in [5.41, 5.74) is 0. The molecule has 0 amide bonds. The second-order valence-electron chi connectivity index (χ2n) is 7.32. The summed E-state index contributed by atoms with van der Waals surface area (Å²) in [7, 11) is 0. The van der Waals surface area contributed by atoms with Crippen molar-refractivity contribution < 1.29 is 24.8 Å². The van der Waals surface area contributed by atoms with Crippen LogP contribution in [-0.2, 0) is 9.47 Å². The van der Waals surface area contributed by atoms with Crippen LogP contribution in [0.3, 0.4) is 0 Å². The number of ether oxygens (including phenoxy) is 2. The molecule has 5 heteroatoms. The summed E-state index contributed by atoms with van der Waals surface area (Å²) >= 11 is 0. The zero-order valence-corrected chi connectivity index (χ0v) is 16.5. The van der Waals surface area contributed by atoms with Crippen LogP contribution < -0.4 is 0 Å². The van der Waals surface area contributed by atoms with E-state index in [2.05, 4.69) is 19.1 Å². The van der Waals surface area contributed by atoms with E-state index in [9.17, 15) is 10.2 Å². The van der Waals surface area contributed by atoms with Gasteiger partial charge in [-0.15, -0.1) is 0 Å². The maximum Gasteiger partial charge on any atom is 0.114 e. The minimum Gasteiger partial charge on any atom is -0.394 e. The number of hydrogen-bond donors (Lipinski definition) is 3. The molecular formula is C21H40O5. The quantitative estimate of drug-likeness (QED) is 0.303. The molecule has 0 bridgehead atoms. The van der Waals surface area contributed by atoms with E-state index in [1.54, 1.807) is 0 Å². The molecule has 0 aliphatic carbocycles. The molecule has 1 saturated heterocycles. The lowest BCUT2D eigenvalue weighted by molar-refractivity contribution is -0.210. The van der Waals surface area contributed by atoms with Crippen molar-refractivity contribution in [3.05, 3.63) is 12.2 Å². The molecule has 1 aliphatic rings. The predicted molar refractivity (Wildman–Crippen MR) is 104 cm³/mol. The van der Waals surface area contributed by atoms with Crippen LogP contribution in [0.1, 0.15) is 77.6 Å². The lowest BCUT2D eigenvalue weighted by Crippen LogP contribution is -2.55. The molecule has 0 saturated carbocycles. The second kappa shape index (κ2) is 15.6. The van der Waals surface area contributed by atoms with Crippen LogP contribution in [0.15, 0.2) is 12.2 Å². The van der Waals surface area contributed by atoms with Crippen molar-refractivity contribution in [2.45, 2.75) is 102 Å². The van der Waals surface area contributed by atoms with Crippen molar-refractivity contribution in [1.29, 1.82) is 0 Å². The first-order valence-electron chi connectivity index (χ1n) is 10.6. The van der Waals surface area contributed by atoms with Crippen molar-refractivity contribution in [3.63, 3.8) is 0 Å². The molecule has 26 heavy (non-hydrogen) atoms. The Labute approximate surface area is 159 Å². The Bertz CT molecular complexity index is 347. The molecule has 1 aliphatic heterocycles. The van der Waals surface area contributed by atoms with Gasteiger partial charge in [-0.25, -0.2) is 0 Å². The lowest BCUT2D eigenvalue weighted by atomic mass is 10.0. The average molecular weight is 373 g/mol. The van der Waals surface area contributed by atoms with E-state index in [0.29, 0.717) is 6.61 Å². The molecule has 0 radical (unpaired) electrons. The van der Waals surface area contributed by atoms with Gasteiger partial charge in [-0.1, -0.05) is 57.6 Å². The summed E-state index contributed by atoms with van der Waals surface area (Å²) in [6, 6.07) is 0. The summed E-state index contributed by atoms with van der Waals surface area (Å²) < 4.78 is 10.8. The van der Waals surface area contributed by atoms with Gasteiger partial charge in [0, 0.05) is 6.61 Å². The number of allylic oxidation sites excluding steroid dienone is 2. The molecule has 1 heterocycles. The van der Waals surface area contributed by atoms with Gasteiger partial charge in [0.25, 0.3) is 0 Å². The van der Waals surface area contributed by atoms with Gasteiger partial charge >= 0.3 is 0 Å². The molecule has 4 atom stereocenters. The van der Waals surface area contributed by atoms with E-state index in [4.69, 9.17) is 14.6 Å². The van der Waals surface area contributed by atoms with Crippen LogP contribution in [0, 0.1) is 0 Å². The minimum atomic E-state index is -0.976. The summed E-state index contributed by atoms with van der Waals surface area (Å²) in [5.74, 6) is 0. The Morgan fingerprint density at radius 1 is 0.923 bits per heavy atom. The standard InChI is InChI=1S/C21H40O5/c1-2-3-4-5-6-7-8-9-10-11-12-13-14-15-25-21-18(23)17-26-19(16-22)20(21)24/h8-9,18-24H,2-7,10-17H2,1H3/b9-8+/t18-,19+,20+,21+/m0/s1. The molecule has 1 rings (SSSR count). The first-order valence-corrected chi connectivity index (χ1v) is 10.6. The summed E-state index contributed by atoms with van der Waals surface area (Å²) in [5, 5.41) is 29.0. The second-order valence-corrected chi connectivity index (χ2v) is 7.32. The van der Waals surface area contributed by atoms with Gasteiger partial charge in [0.15, 0.2) is 0 Å². The fourth-order valence-electron chi connectivity index (χ4n) is 3.26. The lowest BCUT2D eigenvalue weighted by Gasteiger charge is -2.37. The Kier molecular flexibility index (Phi) is 14.1. The van der Waals surface area contributed by atoms with Crippen LogP contribution in [0.25, 0.3) is 0 Å². The molecule has 0 aromatic heterocycles. The van der Waals surface area contributed by atoms with E-state index >= 15 is 0 Å². The van der Waals surface area contributed by atoms with Crippen molar-refractivity contribution in [3.8, 4) is 0 Å². The Morgan fingerprint density at radius 3 is 2.15 bits per heavy atom. The van der Waals surface area contributed by atoms with Gasteiger partial charge in [0.2, 0.25) is 0 Å². The highest BCUT2D eigenvalue weighted by molar-refractivity contribution is 4.87. The van der Waals surface area contributed by atoms with Gasteiger partial charge in [0.05, 0.1) is 13.2 Å². The third kappa shape index (κ3) is 10.0. The van der Waals surface area contributed by atoms with Crippen LogP contribution in [0.5, 0.6) is 0 Å². The van der Waals surface area contributed by atoms with Crippen LogP contribution in [0.4, 0.5) is 0 Å². The fraction of sp³-hybridized carbons (Fsp3) is 0.905. The van der Waals surface area contributed by atoms with E-state index < -0.39 is 24.4 Å². The van der Waals surface area contributed by atoms with E-state index in [1.165, 1.54) is 51.4 Å². The zero-order chi connectivity index (χ0) is 19.0. The highest BCUT2D eigenvalue weighted by Gasteiger charge is 2.38. The first kappa shape index (κ1) is 23.6. The largest absolute Gasteiger partial charge is 0.394 e. The van der Waals surface area contributed by atoms with Crippen molar-refractivity contribution >= 4 is 0 Å². The van der Waals surface area contributed by atoms with Gasteiger partial charge in [-0.3, -0.25) is 0 Å². The minimum absolute atomic E-state index is 0.0951. The maximum atomic E-state index is 10.0. The van der Waals surface area contributed by atoms with Gasteiger partial charge < -0.3 is 24.8 Å². The van der Waals surface area contributed by atoms with Gasteiger partial charge in [0.1, 0.15) is 24.4 Å². The number of unbranched alkanes of at least 4 members (excludes halogenated alkanes) is 9. The summed E-state index contributed by atoms with van der Waals surface area (Å²) in [4.78, 5) is 0. The molecule has 0 aromatic carbocycles. The maximum absolute atomic E-state index is 10.0. The average Bonchev–Trinajstić information content (AvgIpc) is 2.64. The number of aliphatic hydroxyl groups is 3. The molecule has 154 valence electrons. The smallest absolute Gasteiger partial charge is 0.114 e. The Balaban J connectivity index is 1.94. The third-order valence-corrected chi connectivity index (χ3v) is 4.97. The molecule has 5 nitrogen and oxygen atoms in total. The molecule has 0 aromatic rings. The highest BCUT2D eigenvalue weighted by Crippen LogP contribution is 2.19. The molecule has 0 spiro atoms. The number of aliphatic hydroxyl groups excluding tert-OH is 3. The summed E-state index contributed by atoms with van der Waals surface area (Å²) in [6.07, 6.45) is 14.9. The first-order chi connectivity index (χ1) is 12.7. The van der Waals surface area contributed by atoms with Crippen molar-refractivity contribution in [2.75, 3.05) is 19.8 Å². The third-order valence-electron chi connectivity index (χ3n) is 4.97. The molecule has 0 unspecified atom stereocenters. The molecule has 1 fully saturated rings. The monoisotopic (exact) mass is 372 g/mol. The van der Waals surface area contributed by atoms with Crippen molar-refractivity contribution in [2.24, 2.45) is 0 Å². The van der Waals surface area contributed by atoms with Crippen LogP contribution >= 0.6 is 0 Å². The normalized spacial score (nSPS) is 26.6. The van der Waals surface area contributed by atoms with E-state index in [-0.39, 0.29) is 13.2 Å². The Hall–Kier alpha value is -0.460. The van der Waals surface area contributed by atoms with Gasteiger partial charge in [-0.05, 0) is 32.1 Å². The number of rotatable bonds is 15. The predicted octanol–water partition coefficient (Wildman–Crippen LogP) is 3.35. The van der Waals surface area contributed by atoms with E-state index in [0.717, 1.165) is 19.3 Å². The molecular weight excluding hydrogens is 332 g/mol. The Morgan fingerprint density at radius 2 is 1.54 bits per heavy atom. The summed E-state index contributed by atoms with van der Waals surface area (Å²) in [6.45, 7) is 2.60. The van der Waals surface area contributed by atoms with Gasteiger partial charge in [-0.2, -0.15) is 0 Å². The van der Waals surface area contributed by atoms with Crippen LogP contribution in [0.2, 0.25) is 0 Å². The number of hydrogen-bond acceptors (Lipinski definition) is 5. The van der Waals surface area contributed by atoms with Crippen LogP contribution in [-0.4, -0.2) is 59.6 Å². The molecule has 3 N–H and O–H groups in total.